The van der Waals surface area contributed by atoms with Gasteiger partial charge in [-0.1, -0.05) is 37.6 Å². The maximum atomic E-state index is 5.29. The third kappa shape index (κ3) is 3.80. The van der Waals surface area contributed by atoms with E-state index in [2.05, 4.69) is 43.4 Å². The van der Waals surface area contributed by atoms with Gasteiger partial charge in [0.1, 0.15) is 0 Å². The largest absolute Gasteiger partial charge is 0.383 e. The summed E-state index contributed by atoms with van der Waals surface area (Å²) in [6, 6.07) is 10.0. The summed E-state index contributed by atoms with van der Waals surface area (Å²) in [5.41, 5.74) is 2.98. The molecule has 1 N–H and O–H groups in total. The summed E-state index contributed by atoms with van der Waals surface area (Å²) in [5.74, 6) is 0.753. The van der Waals surface area contributed by atoms with Crippen LogP contribution in [0, 0.1) is 6.92 Å². The van der Waals surface area contributed by atoms with Gasteiger partial charge >= 0.3 is 0 Å². The van der Waals surface area contributed by atoms with Crippen molar-refractivity contribution in [1.29, 1.82) is 0 Å². The first-order chi connectivity index (χ1) is 9.24. The maximum Gasteiger partial charge on any atom is 0.0615 e. The fraction of sp³-hybridized carbons (Fsp3) is 0.647. The van der Waals surface area contributed by atoms with Crippen molar-refractivity contribution in [2.75, 3.05) is 13.7 Å². The lowest BCUT2D eigenvalue weighted by atomic mass is 9.74. The first kappa shape index (κ1) is 14.5. The number of ether oxygens (including phenoxy) is 1. The highest BCUT2D eigenvalue weighted by molar-refractivity contribution is 5.31. The Morgan fingerprint density at radius 2 is 2.05 bits per heavy atom. The molecule has 0 spiro atoms. The second-order valence-corrected chi connectivity index (χ2v) is 5.83. The second kappa shape index (κ2) is 7.06. The van der Waals surface area contributed by atoms with Crippen LogP contribution in [0.25, 0.3) is 0 Å². The number of nitrogens with one attached hydrogen (secondary N) is 1. The van der Waals surface area contributed by atoms with Crippen LogP contribution in [0.2, 0.25) is 0 Å². The molecule has 2 nitrogen and oxygen atoms in total. The van der Waals surface area contributed by atoms with Crippen molar-refractivity contribution in [2.45, 2.75) is 57.5 Å². The predicted molar refractivity (Wildman–Crippen MR) is 80.6 cm³/mol. The zero-order valence-electron chi connectivity index (χ0n) is 12.5. The van der Waals surface area contributed by atoms with Gasteiger partial charge < -0.3 is 10.1 Å². The molecule has 2 rings (SSSR count). The molecule has 106 valence electrons. The number of benzene rings is 1. The van der Waals surface area contributed by atoms with E-state index >= 15 is 0 Å². The highest BCUT2D eigenvalue weighted by Gasteiger charge is 2.32. The van der Waals surface area contributed by atoms with Crippen molar-refractivity contribution in [3.8, 4) is 0 Å². The molecule has 1 atom stereocenters. The molecule has 0 aliphatic heterocycles. The van der Waals surface area contributed by atoms with E-state index < -0.39 is 0 Å². The van der Waals surface area contributed by atoms with Crippen LogP contribution in [0.15, 0.2) is 24.3 Å². The van der Waals surface area contributed by atoms with Crippen LogP contribution >= 0.6 is 0 Å². The fourth-order valence-electron chi connectivity index (χ4n) is 3.15. The van der Waals surface area contributed by atoms with Crippen LogP contribution in [0.4, 0.5) is 0 Å². The molecule has 0 saturated heterocycles. The van der Waals surface area contributed by atoms with Crippen molar-refractivity contribution in [3.05, 3.63) is 35.4 Å². The molecule has 1 aromatic rings. The summed E-state index contributed by atoms with van der Waals surface area (Å²) in [4.78, 5) is 0. The van der Waals surface area contributed by atoms with Crippen LogP contribution in [0.1, 0.15) is 49.7 Å². The third-order valence-electron chi connectivity index (χ3n) is 4.24. The minimum atomic E-state index is 0.526. The topological polar surface area (TPSA) is 21.3 Å². The number of aryl methyl sites for hydroxylation is 1. The van der Waals surface area contributed by atoms with Crippen molar-refractivity contribution in [1.82, 2.24) is 5.32 Å². The second-order valence-electron chi connectivity index (χ2n) is 5.83. The van der Waals surface area contributed by atoms with Gasteiger partial charge in [-0.25, -0.2) is 0 Å². The average molecular weight is 261 g/mol. The Morgan fingerprint density at radius 1 is 1.32 bits per heavy atom. The maximum absolute atomic E-state index is 5.29. The van der Waals surface area contributed by atoms with E-state index in [1.165, 1.54) is 31.2 Å². The average Bonchev–Trinajstić information content (AvgIpc) is 2.35. The monoisotopic (exact) mass is 261 g/mol. The normalized spacial score (nSPS) is 23.9. The Labute approximate surface area is 117 Å². The van der Waals surface area contributed by atoms with E-state index in [1.807, 2.05) is 0 Å². The SMILES string of the molecule is CCCC(COC)NC1CC(c2ccccc2C)C1. The summed E-state index contributed by atoms with van der Waals surface area (Å²) >= 11 is 0. The van der Waals surface area contributed by atoms with E-state index in [1.54, 1.807) is 12.7 Å². The summed E-state index contributed by atoms with van der Waals surface area (Å²) in [7, 11) is 1.79. The molecule has 1 aromatic carbocycles. The van der Waals surface area contributed by atoms with Crippen LogP contribution in [0.3, 0.4) is 0 Å². The first-order valence-electron chi connectivity index (χ1n) is 7.55. The molecule has 0 amide bonds. The molecule has 19 heavy (non-hydrogen) atoms. The highest BCUT2D eigenvalue weighted by Crippen LogP contribution is 2.38. The Balaban J connectivity index is 1.81. The minimum Gasteiger partial charge on any atom is -0.383 e. The van der Waals surface area contributed by atoms with Gasteiger partial charge in [-0.2, -0.15) is 0 Å². The number of methoxy groups -OCH3 is 1. The Hall–Kier alpha value is -0.860. The Bertz CT molecular complexity index is 379. The Morgan fingerprint density at radius 3 is 2.68 bits per heavy atom. The van der Waals surface area contributed by atoms with E-state index in [0.717, 1.165) is 12.5 Å². The van der Waals surface area contributed by atoms with Crippen molar-refractivity contribution < 1.29 is 4.74 Å². The molecule has 1 fully saturated rings. The molecule has 1 unspecified atom stereocenters. The molecule has 0 bridgehead atoms. The molecule has 1 saturated carbocycles. The van der Waals surface area contributed by atoms with Gasteiger partial charge in [-0.3, -0.25) is 0 Å². The fourth-order valence-corrected chi connectivity index (χ4v) is 3.15. The minimum absolute atomic E-state index is 0.526. The summed E-state index contributed by atoms with van der Waals surface area (Å²) in [5, 5.41) is 3.75. The molecular formula is C17H27NO. The summed E-state index contributed by atoms with van der Waals surface area (Å²) < 4.78 is 5.29. The number of rotatable bonds is 7. The Kier molecular flexibility index (Phi) is 5.41. The predicted octanol–water partition coefficient (Wildman–Crippen LogP) is 3.65. The van der Waals surface area contributed by atoms with Gasteiger partial charge in [0.25, 0.3) is 0 Å². The van der Waals surface area contributed by atoms with Gasteiger partial charge in [0.05, 0.1) is 6.61 Å². The van der Waals surface area contributed by atoms with E-state index in [9.17, 15) is 0 Å². The van der Waals surface area contributed by atoms with Crippen LogP contribution in [0.5, 0.6) is 0 Å². The van der Waals surface area contributed by atoms with Gasteiger partial charge in [0, 0.05) is 19.2 Å². The molecule has 0 radical (unpaired) electrons. The quantitative estimate of drug-likeness (QED) is 0.809. The lowest BCUT2D eigenvalue weighted by molar-refractivity contribution is 0.141. The zero-order chi connectivity index (χ0) is 13.7. The van der Waals surface area contributed by atoms with Gasteiger partial charge in [0.15, 0.2) is 0 Å². The van der Waals surface area contributed by atoms with Crippen molar-refractivity contribution in [3.63, 3.8) is 0 Å². The first-order valence-corrected chi connectivity index (χ1v) is 7.55. The molecular weight excluding hydrogens is 234 g/mol. The van der Waals surface area contributed by atoms with Crippen molar-refractivity contribution >= 4 is 0 Å². The van der Waals surface area contributed by atoms with Gasteiger partial charge in [0.2, 0.25) is 0 Å². The summed E-state index contributed by atoms with van der Waals surface area (Å²) in [6.45, 7) is 5.29. The van der Waals surface area contributed by atoms with Crippen LogP contribution in [-0.2, 0) is 4.74 Å². The zero-order valence-corrected chi connectivity index (χ0v) is 12.5. The molecule has 2 heteroatoms. The lowest BCUT2D eigenvalue weighted by Crippen LogP contribution is -2.47. The van der Waals surface area contributed by atoms with E-state index in [-0.39, 0.29) is 0 Å². The van der Waals surface area contributed by atoms with Gasteiger partial charge in [-0.05, 0) is 43.2 Å². The van der Waals surface area contributed by atoms with Crippen LogP contribution < -0.4 is 5.32 Å². The smallest absolute Gasteiger partial charge is 0.0615 e. The molecule has 1 aliphatic carbocycles. The van der Waals surface area contributed by atoms with Crippen LogP contribution in [-0.4, -0.2) is 25.8 Å². The van der Waals surface area contributed by atoms with Gasteiger partial charge in [-0.15, -0.1) is 0 Å². The molecule has 0 aromatic heterocycles. The highest BCUT2D eigenvalue weighted by atomic mass is 16.5. The summed E-state index contributed by atoms with van der Waals surface area (Å²) in [6.07, 6.45) is 4.97. The number of hydrogen-bond donors (Lipinski definition) is 1. The van der Waals surface area contributed by atoms with Crippen molar-refractivity contribution in [2.24, 2.45) is 0 Å². The lowest BCUT2D eigenvalue weighted by Gasteiger charge is -2.39. The third-order valence-corrected chi connectivity index (χ3v) is 4.24. The van der Waals surface area contributed by atoms with E-state index in [0.29, 0.717) is 12.1 Å². The molecule has 1 aliphatic rings. The standard InChI is InChI=1S/C17H27NO/c1-4-7-15(12-19-3)18-16-10-14(11-16)17-9-6-5-8-13(17)2/h5-6,8-9,14-16,18H,4,7,10-12H2,1-3H3. The molecule has 0 heterocycles. The van der Waals surface area contributed by atoms with E-state index in [4.69, 9.17) is 4.74 Å². The number of hydrogen-bond acceptors (Lipinski definition) is 2.